The fourth-order valence-electron chi connectivity index (χ4n) is 2.22. The van der Waals surface area contributed by atoms with Crippen LogP contribution < -0.4 is 10.9 Å². The minimum atomic E-state index is -0.751. The van der Waals surface area contributed by atoms with Crippen LogP contribution in [0.5, 0.6) is 0 Å². The van der Waals surface area contributed by atoms with Gasteiger partial charge < -0.3 is 5.32 Å². The fourth-order valence-corrected chi connectivity index (χ4v) is 2.22. The first-order chi connectivity index (χ1) is 11.3. The number of pyridine rings is 1. The zero-order valence-corrected chi connectivity index (χ0v) is 13.1. The van der Waals surface area contributed by atoms with E-state index in [2.05, 4.69) is 5.32 Å². The first kappa shape index (κ1) is 16.9. The van der Waals surface area contributed by atoms with Crippen molar-refractivity contribution in [3.05, 3.63) is 67.6 Å². The maximum absolute atomic E-state index is 12.1. The summed E-state index contributed by atoms with van der Waals surface area (Å²) < 4.78 is 0.857. The Morgan fingerprint density at radius 1 is 1.38 bits per heavy atom. The van der Waals surface area contributed by atoms with Crippen molar-refractivity contribution in [3.63, 3.8) is 0 Å². The van der Waals surface area contributed by atoms with Gasteiger partial charge in [0.1, 0.15) is 18.2 Å². The van der Waals surface area contributed by atoms with E-state index in [1.165, 1.54) is 0 Å². The highest BCUT2D eigenvalue weighted by molar-refractivity contribution is 5.91. The van der Waals surface area contributed by atoms with Crippen molar-refractivity contribution in [2.24, 2.45) is 0 Å². The molecule has 0 fully saturated rings. The van der Waals surface area contributed by atoms with Crippen LogP contribution in [-0.4, -0.2) is 15.4 Å². The number of nitro groups is 1. The number of amides is 1. The second-order valence-electron chi connectivity index (χ2n) is 5.28. The number of carbonyl (C=O) groups excluding carboxylic acids is 1. The van der Waals surface area contributed by atoms with Crippen molar-refractivity contribution >= 4 is 17.3 Å². The third kappa shape index (κ3) is 3.64. The minimum absolute atomic E-state index is 0.386. The van der Waals surface area contributed by atoms with Crippen LogP contribution in [0.4, 0.5) is 11.4 Å². The van der Waals surface area contributed by atoms with E-state index in [1.807, 2.05) is 26.0 Å². The number of aryl methyl sites for hydroxylation is 2. The van der Waals surface area contributed by atoms with E-state index in [4.69, 9.17) is 5.26 Å². The molecule has 0 radical (unpaired) electrons. The predicted octanol–water partition coefficient (Wildman–Crippen LogP) is 1.88. The van der Waals surface area contributed by atoms with Crippen LogP contribution in [0.1, 0.15) is 16.7 Å². The maximum Gasteiger partial charge on any atom is 0.287 e. The molecule has 2 aromatic rings. The number of nitriles is 1. The summed E-state index contributed by atoms with van der Waals surface area (Å²) in [4.78, 5) is 34.3. The monoisotopic (exact) mass is 326 g/mol. The Bertz CT molecular complexity index is 925. The van der Waals surface area contributed by atoms with E-state index >= 15 is 0 Å². The molecule has 0 saturated carbocycles. The Kier molecular flexibility index (Phi) is 4.75. The zero-order valence-electron chi connectivity index (χ0n) is 13.1. The summed E-state index contributed by atoms with van der Waals surface area (Å²) >= 11 is 0. The van der Waals surface area contributed by atoms with Crippen LogP contribution in [0.3, 0.4) is 0 Å². The number of aromatic nitrogens is 1. The quantitative estimate of drug-likeness (QED) is 0.680. The van der Waals surface area contributed by atoms with E-state index < -0.39 is 28.6 Å². The molecule has 0 aliphatic heterocycles. The summed E-state index contributed by atoms with van der Waals surface area (Å²) in [5.41, 5.74) is 0.920. The summed E-state index contributed by atoms with van der Waals surface area (Å²) in [6, 6.07) is 7.95. The molecule has 8 nitrogen and oxygen atoms in total. The molecule has 24 heavy (non-hydrogen) atoms. The Labute approximate surface area is 137 Å². The summed E-state index contributed by atoms with van der Waals surface area (Å²) in [7, 11) is 0. The Hall–Kier alpha value is -3.47. The van der Waals surface area contributed by atoms with Crippen molar-refractivity contribution in [1.82, 2.24) is 4.57 Å². The molecule has 0 saturated heterocycles. The maximum atomic E-state index is 12.1. The number of benzene rings is 1. The van der Waals surface area contributed by atoms with Crippen molar-refractivity contribution in [2.45, 2.75) is 20.4 Å². The zero-order chi connectivity index (χ0) is 17.9. The molecule has 0 spiro atoms. The standard InChI is InChI=1S/C16H14N4O4/c1-10-3-4-14(11(2)5-10)18-15(21)9-19-8-13(20(23)24)6-12(7-17)16(19)22/h3-6,8H,9H2,1-2H3,(H,18,21). The Morgan fingerprint density at radius 2 is 2.08 bits per heavy atom. The molecule has 1 N–H and O–H groups in total. The molecule has 1 amide bonds. The molecule has 0 bridgehead atoms. The number of hydrogen-bond donors (Lipinski definition) is 1. The highest BCUT2D eigenvalue weighted by atomic mass is 16.6. The van der Waals surface area contributed by atoms with Crippen LogP contribution in [-0.2, 0) is 11.3 Å². The lowest BCUT2D eigenvalue weighted by Gasteiger charge is -2.10. The van der Waals surface area contributed by atoms with Gasteiger partial charge in [0.15, 0.2) is 0 Å². The number of nitrogens with one attached hydrogen (secondary N) is 1. The number of hydrogen-bond acceptors (Lipinski definition) is 5. The summed E-state index contributed by atoms with van der Waals surface area (Å²) in [5.74, 6) is -0.520. The lowest BCUT2D eigenvalue weighted by atomic mass is 10.1. The minimum Gasteiger partial charge on any atom is -0.324 e. The van der Waals surface area contributed by atoms with Gasteiger partial charge in [-0.05, 0) is 25.5 Å². The Morgan fingerprint density at radius 3 is 2.67 bits per heavy atom. The Balaban J connectivity index is 2.29. The van der Waals surface area contributed by atoms with Crippen LogP contribution >= 0.6 is 0 Å². The fraction of sp³-hybridized carbons (Fsp3) is 0.188. The van der Waals surface area contributed by atoms with Gasteiger partial charge in [-0.3, -0.25) is 24.3 Å². The van der Waals surface area contributed by atoms with Gasteiger partial charge in [-0.15, -0.1) is 0 Å². The van der Waals surface area contributed by atoms with Gasteiger partial charge in [-0.1, -0.05) is 17.7 Å². The van der Waals surface area contributed by atoms with Crippen molar-refractivity contribution < 1.29 is 9.72 Å². The summed E-state index contributed by atoms with van der Waals surface area (Å²) in [6.45, 7) is 3.32. The number of nitrogens with zero attached hydrogens (tertiary/aromatic N) is 3. The molecule has 1 aromatic carbocycles. The summed E-state index contributed by atoms with van der Waals surface area (Å²) in [6.07, 6.45) is 0.949. The van der Waals surface area contributed by atoms with Crippen LogP contribution in [0.2, 0.25) is 0 Å². The predicted molar refractivity (Wildman–Crippen MR) is 86.6 cm³/mol. The second-order valence-corrected chi connectivity index (χ2v) is 5.28. The molecule has 2 rings (SSSR count). The number of carbonyl (C=O) groups is 1. The molecule has 8 heteroatoms. The molecule has 0 unspecified atom stereocenters. The van der Waals surface area contributed by atoms with Gasteiger partial charge in [-0.25, -0.2) is 0 Å². The molecule has 0 atom stereocenters. The third-order valence-electron chi connectivity index (χ3n) is 3.37. The molecular formula is C16H14N4O4. The van der Waals surface area contributed by atoms with Gasteiger partial charge in [-0.2, -0.15) is 5.26 Å². The van der Waals surface area contributed by atoms with E-state index in [9.17, 15) is 19.7 Å². The van der Waals surface area contributed by atoms with Gasteiger partial charge in [0.2, 0.25) is 5.91 Å². The lowest BCUT2D eigenvalue weighted by molar-refractivity contribution is -0.385. The van der Waals surface area contributed by atoms with E-state index in [-0.39, 0.29) is 5.56 Å². The van der Waals surface area contributed by atoms with Crippen LogP contribution in [0.15, 0.2) is 35.3 Å². The van der Waals surface area contributed by atoms with Crippen molar-refractivity contribution in [2.75, 3.05) is 5.32 Å². The summed E-state index contributed by atoms with van der Waals surface area (Å²) in [5, 5.41) is 22.4. The average molecular weight is 326 g/mol. The topological polar surface area (TPSA) is 118 Å². The smallest absolute Gasteiger partial charge is 0.287 e. The number of anilines is 1. The van der Waals surface area contributed by atoms with E-state index in [1.54, 1.807) is 12.1 Å². The van der Waals surface area contributed by atoms with Crippen molar-refractivity contribution in [3.8, 4) is 6.07 Å². The number of rotatable bonds is 4. The lowest BCUT2D eigenvalue weighted by Crippen LogP contribution is -2.29. The first-order valence-electron chi connectivity index (χ1n) is 6.98. The van der Waals surface area contributed by atoms with Crippen LogP contribution in [0, 0.1) is 35.3 Å². The highest BCUT2D eigenvalue weighted by Crippen LogP contribution is 2.16. The van der Waals surface area contributed by atoms with Gasteiger partial charge in [0.05, 0.1) is 11.1 Å². The average Bonchev–Trinajstić information content (AvgIpc) is 2.51. The first-order valence-corrected chi connectivity index (χ1v) is 6.98. The molecular weight excluding hydrogens is 312 g/mol. The largest absolute Gasteiger partial charge is 0.324 e. The van der Waals surface area contributed by atoms with E-state index in [0.717, 1.165) is 28.0 Å². The van der Waals surface area contributed by atoms with Gasteiger partial charge in [0, 0.05) is 11.8 Å². The van der Waals surface area contributed by atoms with Gasteiger partial charge in [0.25, 0.3) is 11.2 Å². The normalized spacial score (nSPS) is 10.0. The molecule has 0 aliphatic carbocycles. The molecule has 122 valence electrons. The van der Waals surface area contributed by atoms with Gasteiger partial charge >= 0.3 is 0 Å². The van der Waals surface area contributed by atoms with Crippen molar-refractivity contribution in [1.29, 1.82) is 5.26 Å². The van der Waals surface area contributed by atoms with Crippen LogP contribution in [0.25, 0.3) is 0 Å². The third-order valence-corrected chi connectivity index (χ3v) is 3.37. The highest BCUT2D eigenvalue weighted by Gasteiger charge is 2.16. The second kappa shape index (κ2) is 6.75. The molecule has 1 heterocycles. The van der Waals surface area contributed by atoms with E-state index in [0.29, 0.717) is 5.69 Å². The SMILES string of the molecule is Cc1ccc(NC(=O)Cn2cc([N+](=O)[O-])cc(C#N)c2=O)c(C)c1. The molecule has 0 aliphatic rings. The molecule has 1 aromatic heterocycles.